The maximum Gasteiger partial charge on any atom is 0.305 e. The number of halogens is 1. The molecule has 0 spiro atoms. The Morgan fingerprint density at radius 3 is 1.78 bits per heavy atom. The van der Waals surface area contributed by atoms with Crippen LogP contribution >= 0.6 is 11.6 Å². The summed E-state index contributed by atoms with van der Waals surface area (Å²) in [4.78, 5) is 25.6. The number of nitrogens with zero attached hydrogens (tertiary/aromatic N) is 1. The van der Waals surface area contributed by atoms with E-state index in [1.807, 2.05) is 72.8 Å². The van der Waals surface area contributed by atoms with Crippen molar-refractivity contribution >= 4 is 39.2 Å². The number of hydrogen-bond donors (Lipinski definition) is 2. The lowest BCUT2D eigenvalue weighted by atomic mass is 9.98. The number of carboxylic acids is 1. The second-order valence-electron chi connectivity index (χ2n) is 10.3. The van der Waals surface area contributed by atoms with Crippen LogP contribution in [0.3, 0.4) is 0 Å². The number of nitrogens with one attached hydrogen (secondary N) is 1. The van der Waals surface area contributed by atoms with E-state index >= 15 is 0 Å². The fourth-order valence-corrected chi connectivity index (χ4v) is 6.82. The van der Waals surface area contributed by atoms with Gasteiger partial charge in [-0.15, -0.1) is 0 Å². The number of carbonyl (C=O) groups is 2. The zero-order chi connectivity index (χ0) is 32.0. The van der Waals surface area contributed by atoms with E-state index in [4.69, 9.17) is 11.6 Å². The summed E-state index contributed by atoms with van der Waals surface area (Å²) in [5, 5.41) is 12.7. The number of amides is 1. The Balaban J connectivity index is 1.44. The lowest BCUT2D eigenvalue weighted by Crippen LogP contribution is -2.35. The standard InChI is InChI=1S/C36H31ClN2O5S/c1-2-39(45(43,44)31-20-17-28(18-21-31)26-11-7-4-8-12-26)34-22-19-30(37)23-32(34)36(42)38-33(24-35(40)41)29-15-13-27(14-16-29)25-9-5-3-6-10-25/h3-23,33H,2,24H2,1H3,(H,38,42)(H,40,41). The fraction of sp³-hybridized carbons (Fsp3) is 0.111. The number of anilines is 1. The molecule has 1 atom stereocenters. The Morgan fingerprint density at radius 1 is 0.756 bits per heavy atom. The van der Waals surface area contributed by atoms with Crippen molar-refractivity contribution in [1.82, 2.24) is 5.32 Å². The Morgan fingerprint density at radius 2 is 1.27 bits per heavy atom. The highest BCUT2D eigenvalue weighted by atomic mass is 35.5. The lowest BCUT2D eigenvalue weighted by molar-refractivity contribution is -0.137. The maximum atomic E-state index is 13.9. The van der Waals surface area contributed by atoms with E-state index < -0.39 is 27.9 Å². The van der Waals surface area contributed by atoms with E-state index in [9.17, 15) is 23.1 Å². The Labute approximate surface area is 267 Å². The topological polar surface area (TPSA) is 104 Å². The van der Waals surface area contributed by atoms with Gasteiger partial charge in [-0.05, 0) is 65.1 Å². The molecule has 7 nitrogen and oxygen atoms in total. The molecule has 45 heavy (non-hydrogen) atoms. The molecule has 0 aromatic heterocycles. The number of aliphatic carboxylic acids is 1. The first-order valence-corrected chi connectivity index (χ1v) is 16.1. The van der Waals surface area contributed by atoms with E-state index in [1.54, 1.807) is 31.2 Å². The minimum absolute atomic E-state index is 0.00475. The average molecular weight is 639 g/mol. The first kappa shape index (κ1) is 31.5. The zero-order valence-corrected chi connectivity index (χ0v) is 26.0. The third-order valence-electron chi connectivity index (χ3n) is 7.41. The van der Waals surface area contributed by atoms with Crippen molar-refractivity contribution in [2.75, 3.05) is 10.8 Å². The molecule has 9 heteroatoms. The molecule has 0 bridgehead atoms. The molecule has 0 saturated heterocycles. The third-order valence-corrected chi connectivity index (χ3v) is 9.55. The highest BCUT2D eigenvalue weighted by molar-refractivity contribution is 7.92. The minimum atomic E-state index is -4.09. The van der Waals surface area contributed by atoms with Crippen molar-refractivity contribution in [3.05, 3.63) is 144 Å². The van der Waals surface area contributed by atoms with Gasteiger partial charge in [-0.2, -0.15) is 0 Å². The molecule has 5 rings (SSSR count). The van der Waals surface area contributed by atoms with E-state index in [2.05, 4.69) is 5.32 Å². The second-order valence-corrected chi connectivity index (χ2v) is 12.6. The molecule has 0 aliphatic rings. The van der Waals surface area contributed by atoms with Crippen LogP contribution in [0.15, 0.2) is 132 Å². The SMILES string of the molecule is CCN(c1ccc(Cl)cc1C(=O)NC(CC(=O)O)c1ccc(-c2ccccc2)cc1)S(=O)(=O)c1ccc(-c2ccccc2)cc1. The van der Waals surface area contributed by atoms with Crippen LogP contribution < -0.4 is 9.62 Å². The molecule has 0 aliphatic carbocycles. The Hall–Kier alpha value is -4.92. The number of sulfonamides is 1. The highest BCUT2D eigenvalue weighted by Crippen LogP contribution is 2.32. The summed E-state index contributed by atoms with van der Waals surface area (Å²) in [5.41, 5.74) is 4.48. The molecule has 0 aliphatic heterocycles. The quantitative estimate of drug-likeness (QED) is 0.153. The molecule has 0 saturated carbocycles. The predicted molar refractivity (Wildman–Crippen MR) is 178 cm³/mol. The molecule has 1 unspecified atom stereocenters. The molecule has 1 amide bonds. The van der Waals surface area contributed by atoms with Gasteiger partial charge in [0, 0.05) is 11.6 Å². The van der Waals surface area contributed by atoms with E-state index in [0.29, 0.717) is 5.56 Å². The first-order valence-electron chi connectivity index (χ1n) is 14.3. The van der Waals surface area contributed by atoms with Crippen molar-refractivity contribution in [3.8, 4) is 22.3 Å². The molecule has 0 heterocycles. The summed E-state index contributed by atoms with van der Waals surface area (Å²) < 4.78 is 28.9. The molecule has 228 valence electrons. The van der Waals surface area contributed by atoms with E-state index in [1.165, 1.54) is 30.3 Å². The lowest BCUT2D eigenvalue weighted by Gasteiger charge is -2.26. The molecular formula is C36H31ClN2O5S. The van der Waals surface area contributed by atoms with Gasteiger partial charge in [0.25, 0.3) is 15.9 Å². The zero-order valence-electron chi connectivity index (χ0n) is 24.4. The van der Waals surface area contributed by atoms with Crippen LogP contribution in [0.5, 0.6) is 0 Å². The normalized spacial score (nSPS) is 11.9. The molecule has 0 fully saturated rings. The van der Waals surface area contributed by atoms with Gasteiger partial charge < -0.3 is 10.4 Å². The highest BCUT2D eigenvalue weighted by Gasteiger charge is 2.29. The van der Waals surface area contributed by atoms with Crippen LogP contribution in [0, 0.1) is 0 Å². The van der Waals surface area contributed by atoms with Crippen molar-refractivity contribution < 1.29 is 23.1 Å². The predicted octanol–water partition coefficient (Wildman–Crippen LogP) is 7.84. The molecule has 5 aromatic rings. The molecular weight excluding hydrogens is 608 g/mol. The van der Waals surface area contributed by atoms with Crippen LogP contribution in [0.4, 0.5) is 5.69 Å². The van der Waals surface area contributed by atoms with Gasteiger partial charge in [0.15, 0.2) is 0 Å². The van der Waals surface area contributed by atoms with Crippen LogP contribution in [0.25, 0.3) is 22.3 Å². The first-order chi connectivity index (χ1) is 21.7. The summed E-state index contributed by atoms with van der Waals surface area (Å²) in [7, 11) is -4.09. The van der Waals surface area contributed by atoms with Crippen LogP contribution in [0.1, 0.15) is 35.3 Å². The fourth-order valence-electron chi connectivity index (χ4n) is 5.16. The minimum Gasteiger partial charge on any atom is -0.481 e. The summed E-state index contributed by atoms with van der Waals surface area (Å²) in [6, 6.07) is 36.7. The van der Waals surface area contributed by atoms with Crippen molar-refractivity contribution in [2.24, 2.45) is 0 Å². The maximum absolute atomic E-state index is 13.9. The number of rotatable bonds is 11. The Kier molecular flexibility index (Phi) is 9.66. The van der Waals surface area contributed by atoms with Gasteiger partial charge in [0.2, 0.25) is 0 Å². The number of carbonyl (C=O) groups excluding carboxylic acids is 1. The van der Waals surface area contributed by atoms with Gasteiger partial charge in [-0.3, -0.25) is 13.9 Å². The van der Waals surface area contributed by atoms with Gasteiger partial charge in [0.05, 0.1) is 28.6 Å². The number of benzene rings is 5. The van der Waals surface area contributed by atoms with Gasteiger partial charge in [-0.1, -0.05) is 109 Å². The van der Waals surface area contributed by atoms with Gasteiger partial charge in [-0.25, -0.2) is 8.42 Å². The smallest absolute Gasteiger partial charge is 0.305 e. The monoisotopic (exact) mass is 638 g/mol. The average Bonchev–Trinajstić information content (AvgIpc) is 3.06. The molecule has 0 radical (unpaired) electrons. The number of carboxylic acid groups (broad SMARTS) is 1. The summed E-state index contributed by atoms with van der Waals surface area (Å²) in [6.45, 7) is 1.71. The van der Waals surface area contributed by atoms with E-state index in [0.717, 1.165) is 26.6 Å². The van der Waals surface area contributed by atoms with Crippen LogP contribution in [-0.2, 0) is 14.8 Å². The molecule has 5 aromatic carbocycles. The Bertz CT molecular complexity index is 1900. The van der Waals surface area contributed by atoms with Crippen molar-refractivity contribution in [2.45, 2.75) is 24.3 Å². The van der Waals surface area contributed by atoms with Gasteiger partial charge >= 0.3 is 5.97 Å². The van der Waals surface area contributed by atoms with Crippen molar-refractivity contribution in [3.63, 3.8) is 0 Å². The number of hydrogen-bond acceptors (Lipinski definition) is 4. The third kappa shape index (κ3) is 7.25. The second kappa shape index (κ2) is 13.8. The largest absolute Gasteiger partial charge is 0.481 e. The van der Waals surface area contributed by atoms with Crippen molar-refractivity contribution in [1.29, 1.82) is 0 Å². The van der Waals surface area contributed by atoms with Crippen LogP contribution in [-0.4, -0.2) is 31.9 Å². The van der Waals surface area contributed by atoms with Crippen LogP contribution in [0.2, 0.25) is 5.02 Å². The summed E-state index contributed by atoms with van der Waals surface area (Å²) in [5.74, 6) is -1.76. The van der Waals surface area contributed by atoms with E-state index in [-0.39, 0.29) is 34.1 Å². The summed E-state index contributed by atoms with van der Waals surface area (Å²) >= 11 is 6.29. The summed E-state index contributed by atoms with van der Waals surface area (Å²) in [6.07, 6.45) is -0.379. The van der Waals surface area contributed by atoms with Gasteiger partial charge in [0.1, 0.15) is 0 Å². The molecule has 2 N–H and O–H groups in total.